The molecule has 32 heavy (non-hydrogen) atoms. The predicted octanol–water partition coefficient (Wildman–Crippen LogP) is 3.81. The summed E-state index contributed by atoms with van der Waals surface area (Å²) < 4.78 is 43.6. The van der Waals surface area contributed by atoms with Crippen LogP contribution in [0, 0.1) is 11.8 Å². The number of para-hydroxylation sites is 1. The van der Waals surface area contributed by atoms with E-state index in [9.17, 15) is 18.0 Å². The second-order valence-electron chi connectivity index (χ2n) is 7.39. The smallest absolute Gasteiger partial charge is 0.406 e. The summed E-state index contributed by atoms with van der Waals surface area (Å²) >= 11 is 0. The molecule has 2 heterocycles. The lowest BCUT2D eigenvalue weighted by atomic mass is 9.96. The molecule has 3 aromatic rings. The molecule has 1 fully saturated rings. The van der Waals surface area contributed by atoms with Gasteiger partial charge >= 0.3 is 6.36 Å². The Morgan fingerprint density at radius 1 is 1.19 bits per heavy atom. The van der Waals surface area contributed by atoms with Crippen molar-refractivity contribution in [2.45, 2.75) is 13.3 Å². The van der Waals surface area contributed by atoms with Crippen LogP contribution in [0.2, 0.25) is 0 Å². The highest BCUT2D eigenvalue weighted by atomic mass is 19.4. The molecule has 1 amide bonds. The van der Waals surface area contributed by atoms with Crippen LogP contribution in [-0.2, 0) is 4.79 Å². The van der Waals surface area contributed by atoms with Gasteiger partial charge in [-0.1, -0.05) is 37.3 Å². The SMILES string of the molecule is C[C@H]1C(=O)NC[C@@H]1C(N)=Nc1cc(-c2cccc(OC(F)(F)F)c2)n(-c2ccccc2)n1. The Bertz CT molecular complexity index is 1160. The highest BCUT2D eigenvalue weighted by Crippen LogP contribution is 2.32. The molecule has 10 heteroatoms. The van der Waals surface area contributed by atoms with E-state index >= 15 is 0 Å². The number of carbonyl (C=O) groups excluding carboxylic acids is 1. The zero-order valence-electron chi connectivity index (χ0n) is 17.0. The highest BCUT2D eigenvalue weighted by molar-refractivity contribution is 5.94. The predicted molar refractivity (Wildman–Crippen MR) is 113 cm³/mol. The number of benzene rings is 2. The molecule has 1 saturated heterocycles. The van der Waals surface area contributed by atoms with Gasteiger partial charge in [-0.3, -0.25) is 4.79 Å². The number of hydrogen-bond donors (Lipinski definition) is 2. The molecule has 0 bridgehead atoms. The van der Waals surface area contributed by atoms with Crippen LogP contribution in [0.4, 0.5) is 19.0 Å². The number of aliphatic imine (C=N–C) groups is 1. The second-order valence-corrected chi connectivity index (χ2v) is 7.39. The van der Waals surface area contributed by atoms with E-state index in [1.807, 2.05) is 30.3 Å². The molecule has 0 spiro atoms. The van der Waals surface area contributed by atoms with Crippen molar-refractivity contribution in [3.8, 4) is 22.7 Å². The van der Waals surface area contributed by atoms with Crippen LogP contribution in [0.25, 0.3) is 16.9 Å². The minimum Gasteiger partial charge on any atom is -0.406 e. The van der Waals surface area contributed by atoms with Crippen molar-refractivity contribution in [2.75, 3.05) is 6.54 Å². The molecule has 2 atom stereocenters. The van der Waals surface area contributed by atoms with E-state index < -0.39 is 6.36 Å². The van der Waals surface area contributed by atoms with Crippen LogP contribution in [0.3, 0.4) is 0 Å². The second kappa shape index (κ2) is 8.37. The third-order valence-electron chi connectivity index (χ3n) is 5.20. The number of nitrogens with two attached hydrogens (primary N) is 1. The number of amides is 1. The lowest BCUT2D eigenvalue weighted by molar-refractivity contribution is -0.274. The maximum absolute atomic E-state index is 12.7. The summed E-state index contributed by atoms with van der Waals surface area (Å²) in [5.74, 6) is -0.485. The number of ether oxygens (including phenoxy) is 1. The number of nitrogens with zero attached hydrogens (tertiary/aromatic N) is 3. The zero-order chi connectivity index (χ0) is 22.9. The Labute approximate surface area is 181 Å². The summed E-state index contributed by atoms with van der Waals surface area (Å²) in [6.07, 6.45) is -4.80. The first-order chi connectivity index (χ1) is 15.2. The summed E-state index contributed by atoms with van der Waals surface area (Å²) in [4.78, 5) is 16.2. The number of hydrogen-bond acceptors (Lipinski definition) is 4. The number of carbonyl (C=O) groups is 1. The van der Waals surface area contributed by atoms with Crippen LogP contribution in [0.15, 0.2) is 65.7 Å². The molecular formula is C22H20F3N5O2. The van der Waals surface area contributed by atoms with Crippen molar-refractivity contribution < 1.29 is 22.7 Å². The van der Waals surface area contributed by atoms with Crippen LogP contribution in [0.5, 0.6) is 5.75 Å². The van der Waals surface area contributed by atoms with Gasteiger partial charge in [-0.05, 0) is 24.3 Å². The molecule has 0 unspecified atom stereocenters. The average molecular weight is 443 g/mol. The van der Waals surface area contributed by atoms with E-state index in [1.165, 1.54) is 18.2 Å². The monoisotopic (exact) mass is 443 g/mol. The standard InChI is InChI=1S/C22H20F3N5O2/c1-13-17(12-27-21(13)31)20(26)28-19-11-18(30(29-19)15-7-3-2-4-8-15)14-6-5-9-16(10-14)32-22(23,24)25/h2-11,13,17H,12H2,1H3,(H,27,31)(H2,26,28,29)/t13-,17+/m1/s1. The number of nitrogens with one attached hydrogen (secondary N) is 1. The molecule has 0 radical (unpaired) electrons. The van der Waals surface area contributed by atoms with Gasteiger partial charge in [0, 0.05) is 30.0 Å². The number of halogens is 3. The topological polar surface area (TPSA) is 94.5 Å². The normalized spacial score (nSPS) is 19.1. The molecule has 7 nitrogen and oxygen atoms in total. The third-order valence-corrected chi connectivity index (χ3v) is 5.20. The Hall–Kier alpha value is -3.82. The maximum Gasteiger partial charge on any atom is 0.573 e. The molecule has 4 rings (SSSR count). The Balaban J connectivity index is 1.76. The van der Waals surface area contributed by atoms with Crippen molar-refractivity contribution in [1.29, 1.82) is 0 Å². The lowest BCUT2D eigenvalue weighted by Gasteiger charge is -2.11. The third kappa shape index (κ3) is 4.58. The van der Waals surface area contributed by atoms with Gasteiger partial charge in [0.05, 0.1) is 11.4 Å². The van der Waals surface area contributed by atoms with Crippen molar-refractivity contribution in [3.63, 3.8) is 0 Å². The Morgan fingerprint density at radius 3 is 2.59 bits per heavy atom. The average Bonchev–Trinajstić information content (AvgIpc) is 3.31. The Morgan fingerprint density at radius 2 is 1.94 bits per heavy atom. The van der Waals surface area contributed by atoms with E-state index in [0.29, 0.717) is 23.5 Å². The van der Waals surface area contributed by atoms with Gasteiger partial charge in [0.15, 0.2) is 5.82 Å². The maximum atomic E-state index is 12.7. The number of amidine groups is 1. The molecule has 3 N–H and O–H groups in total. The zero-order valence-corrected chi connectivity index (χ0v) is 17.0. The molecule has 1 aliphatic heterocycles. The minimum atomic E-state index is -4.80. The van der Waals surface area contributed by atoms with Crippen LogP contribution >= 0.6 is 0 Å². The molecule has 166 valence electrons. The number of rotatable bonds is 5. The lowest BCUT2D eigenvalue weighted by Crippen LogP contribution is -2.29. The minimum absolute atomic E-state index is 0.0925. The molecule has 1 aromatic heterocycles. The van der Waals surface area contributed by atoms with Crippen LogP contribution in [0.1, 0.15) is 6.92 Å². The molecule has 1 aliphatic rings. The van der Waals surface area contributed by atoms with Crippen LogP contribution in [-0.4, -0.2) is 34.4 Å². The van der Waals surface area contributed by atoms with E-state index in [0.717, 1.165) is 0 Å². The fraction of sp³-hybridized carbons (Fsp3) is 0.227. The quantitative estimate of drug-likeness (QED) is 0.463. The fourth-order valence-electron chi connectivity index (χ4n) is 3.55. The van der Waals surface area contributed by atoms with E-state index in [-0.39, 0.29) is 35.1 Å². The van der Waals surface area contributed by atoms with Gasteiger partial charge in [0.2, 0.25) is 5.91 Å². The summed E-state index contributed by atoms with van der Waals surface area (Å²) in [6.45, 7) is 2.16. The van der Waals surface area contributed by atoms with E-state index in [2.05, 4.69) is 20.1 Å². The van der Waals surface area contributed by atoms with Crippen molar-refractivity contribution in [1.82, 2.24) is 15.1 Å². The largest absolute Gasteiger partial charge is 0.573 e. The first-order valence-corrected chi connectivity index (χ1v) is 9.85. The van der Waals surface area contributed by atoms with Crippen LogP contribution < -0.4 is 15.8 Å². The van der Waals surface area contributed by atoms with Gasteiger partial charge < -0.3 is 15.8 Å². The van der Waals surface area contributed by atoms with Gasteiger partial charge in [-0.15, -0.1) is 18.3 Å². The van der Waals surface area contributed by atoms with Gasteiger partial charge in [0.25, 0.3) is 0 Å². The summed E-state index contributed by atoms with van der Waals surface area (Å²) in [6, 6.07) is 16.3. The summed E-state index contributed by atoms with van der Waals surface area (Å²) in [5, 5.41) is 7.25. The van der Waals surface area contributed by atoms with Gasteiger partial charge in [-0.2, -0.15) is 0 Å². The molecule has 0 aliphatic carbocycles. The van der Waals surface area contributed by atoms with Crippen molar-refractivity contribution >= 4 is 17.6 Å². The van der Waals surface area contributed by atoms with Crippen molar-refractivity contribution in [3.05, 3.63) is 60.7 Å². The molecule has 2 aromatic carbocycles. The first-order valence-electron chi connectivity index (χ1n) is 9.85. The van der Waals surface area contributed by atoms with E-state index in [1.54, 1.807) is 23.7 Å². The molecule has 0 saturated carbocycles. The Kier molecular flexibility index (Phi) is 5.60. The highest BCUT2D eigenvalue weighted by Gasteiger charge is 2.34. The number of aromatic nitrogens is 2. The fourth-order valence-corrected chi connectivity index (χ4v) is 3.55. The van der Waals surface area contributed by atoms with Gasteiger partial charge in [-0.25, -0.2) is 9.67 Å². The first kappa shape index (κ1) is 21.4. The molecular weight excluding hydrogens is 423 g/mol. The summed E-state index contributed by atoms with van der Waals surface area (Å²) in [5.41, 5.74) is 7.80. The van der Waals surface area contributed by atoms with Gasteiger partial charge in [0.1, 0.15) is 11.6 Å². The van der Waals surface area contributed by atoms with Crippen molar-refractivity contribution in [2.24, 2.45) is 22.6 Å². The summed E-state index contributed by atoms with van der Waals surface area (Å²) in [7, 11) is 0. The number of alkyl halides is 3. The van der Waals surface area contributed by atoms with E-state index in [4.69, 9.17) is 5.73 Å².